The van der Waals surface area contributed by atoms with E-state index >= 15 is 0 Å². The van der Waals surface area contributed by atoms with Crippen LogP contribution < -0.4 is 0 Å². The Bertz CT molecular complexity index is 141. The Morgan fingerprint density at radius 2 is 1.67 bits per heavy atom. The molecular formula is C5H6ClNO2. The fourth-order valence-corrected chi connectivity index (χ4v) is 0.895. The van der Waals surface area contributed by atoms with Gasteiger partial charge in [-0.05, 0) is 6.42 Å². The van der Waals surface area contributed by atoms with E-state index in [1.807, 2.05) is 0 Å². The smallest absolute Gasteiger partial charge is 0.244 e. The zero-order valence-corrected chi connectivity index (χ0v) is 5.52. The summed E-state index contributed by atoms with van der Waals surface area (Å²) in [6.07, 6.45) is 1.44. The van der Waals surface area contributed by atoms with Crippen molar-refractivity contribution in [3.63, 3.8) is 0 Å². The largest absolute Gasteiger partial charge is 0.273 e. The molecule has 0 aromatic carbocycles. The van der Waals surface area contributed by atoms with Crippen molar-refractivity contribution in [3.05, 3.63) is 0 Å². The van der Waals surface area contributed by atoms with Crippen LogP contribution >= 0.6 is 11.8 Å². The number of carbonyl (C=O) groups is 2. The standard InChI is InChI=1S/C5H6ClNO2/c6-7-4(8)2-1-3-5(7)9/h1-3H2. The van der Waals surface area contributed by atoms with Crippen molar-refractivity contribution in [1.82, 2.24) is 4.42 Å². The van der Waals surface area contributed by atoms with E-state index in [0.29, 0.717) is 23.7 Å². The number of imide groups is 1. The number of piperidine rings is 1. The molecule has 1 saturated heterocycles. The van der Waals surface area contributed by atoms with Crippen LogP contribution in [0.4, 0.5) is 0 Å². The lowest BCUT2D eigenvalue weighted by Gasteiger charge is -2.15. The summed E-state index contributed by atoms with van der Waals surface area (Å²) >= 11 is 5.25. The Hall–Kier alpha value is -0.570. The average molecular weight is 148 g/mol. The van der Waals surface area contributed by atoms with Crippen LogP contribution in [-0.4, -0.2) is 16.2 Å². The lowest BCUT2D eigenvalue weighted by molar-refractivity contribution is -0.141. The molecule has 1 rings (SSSR count). The number of hydrogen-bond donors (Lipinski definition) is 0. The summed E-state index contributed by atoms with van der Waals surface area (Å²) in [4.78, 5) is 21.2. The number of carbonyl (C=O) groups excluding carboxylic acids is 2. The van der Waals surface area contributed by atoms with Crippen LogP contribution in [-0.2, 0) is 9.59 Å². The molecule has 0 aromatic rings. The maximum Gasteiger partial charge on any atom is 0.244 e. The molecule has 1 fully saturated rings. The molecule has 0 N–H and O–H groups in total. The molecule has 50 valence electrons. The van der Waals surface area contributed by atoms with E-state index in [4.69, 9.17) is 11.8 Å². The normalized spacial score (nSPS) is 20.8. The van der Waals surface area contributed by atoms with Crippen LogP contribution in [0, 0.1) is 0 Å². The summed E-state index contributed by atoms with van der Waals surface area (Å²) in [5, 5.41) is 0. The SMILES string of the molecule is O=C1CCCC(=O)N1Cl. The third-order valence-corrected chi connectivity index (χ3v) is 1.60. The van der Waals surface area contributed by atoms with Crippen molar-refractivity contribution in [2.45, 2.75) is 19.3 Å². The highest BCUT2D eigenvalue weighted by Gasteiger charge is 2.23. The van der Waals surface area contributed by atoms with Gasteiger partial charge in [0.2, 0.25) is 11.8 Å². The molecule has 0 unspecified atom stereocenters. The van der Waals surface area contributed by atoms with E-state index in [1.54, 1.807) is 0 Å². The molecule has 0 atom stereocenters. The second-order valence-electron chi connectivity index (χ2n) is 1.92. The Morgan fingerprint density at radius 1 is 1.22 bits per heavy atom. The van der Waals surface area contributed by atoms with Crippen LogP contribution in [0.2, 0.25) is 0 Å². The van der Waals surface area contributed by atoms with Crippen LogP contribution in [0.15, 0.2) is 0 Å². The summed E-state index contributed by atoms with van der Waals surface area (Å²) in [6.45, 7) is 0. The second-order valence-corrected chi connectivity index (χ2v) is 2.26. The maximum absolute atomic E-state index is 10.6. The van der Waals surface area contributed by atoms with Gasteiger partial charge in [-0.15, -0.1) is 0 Å². The Labute approximate surface area is 57.7 Å². The molecule has 4 heteroatoms. The third-order valence-electron chi connectivity index (χ3n) is 1.22. The molecule has 2 amide bonds. The van der Waals surface area contributed by atoms with Crippen LogP contribution in [0.25, 0.3) is 0 Å². The summed E-state index contributed by atoms with van der Waals surface area (Å²) < 4.78 is 0.670. The number of halogens is 1. The third kappa shape index (κ3) is 1.21. The molecule has 9 heavy (non-hydrogen) atoms. The van der Waals surface area contributed by atoms with Gasteiger partial charge in [0.15, 0.2) is 0 Å². The Morgan fingerprint density at radius 3 is 2.00 bits per heavy atom. The predicted molar refractivity (Wildman–Crippen MR) is 31.6 cm³/mol. The first-order valence-corrected chi connectivity index (χ1v) is 3.07. The van der Waals surface area contributed by atoms with Gasteiger partial charge in [0.25, 0.3) is 0 Å². The molecule has 0 saturated carbocycles. The van der Waals surface area contributed by atoms with Crippen molar-refractivity contribution >= 4 is 23.6 Å². The first-order valence-electron chi connectivity index (χ1n) is 2.73. The Kier molecular flexibility index (Phi) is 1.71. The van der Waals surface area contributed by atoms with E-state index in [-0.39, 0.29) is 11.8 Å². The van der Waals surface area contributed by atoms with Gasteiger partial charge in [-0.1, -0.05) is 0 Å². The molecule has 0 radical (unpaired) electrons. The van der Waals surface area contributed by atoms with Crippen molar-refractivity contribution in [2.75, 3.05) is 0 Å². The van der Waals surface area contributed by atoms with Crippen molar-refractivity contribution in [2.24, 2.45) is 0 Å². The molecule has 1 aliphatic heterocycles. The van der Waals surface area contributed by atoms with Gasteiger partial charge in [-0.3, -0.25) is 9.59 Å². The first kappa shape index (κ1) is 6.55. The topological polar surface area (TPSA) is 37.4 Å². The fraction of sp³-hybridized carbons (Fsp3) is 0.600. The predicted octanol–water partition coefficient (Wildman–Crippen LogP) is 0.679. The number of rotatable bonds is 0. The zero-order valence-electron chi connectivity index (χ0n) is 4.76. The number of amides is 2. The van der Waals surface area contributed by atoms with Gasteiger partial charge in [0, 0.05) is 24.6 Å². The highest BCUT2D eigenvalue weighted by atomic mass is 35.5. The van der Waals surface area contributed by atoms with E-state index < -0.39 is 0 Å². The van der Waals surface area contributed by atoms with Gasteiger partial charge >= 0.3 is 0 Å². The molecule has 1 aliphatic rings. The van der Waals surface area contributed by atoms with Crippen molar-refractivity contribution < 1.29 is 9.59 Å². The zero-order chi connectivity index (χ0) is 6.85. The summed E-state index contributed by atoms with van der Waals surface area (Å²) in [5.41, 5.74) is 0. The van der Waals surface area contributed by atoms with Crippen LogP contribution in [0.5, 0.6) is 0 Å². The molecule has 3 nitrogen and oxygen atoms in total. The number of nitrogens with zero attached hydrogens (tertiary/aromatic N) is 1. The summed E-state index contributed by atoms with van der Waals surface area (Å²) in [6, 6.07) is 0. The highest BCUT2D eigenvalue weighted by Crippen LogP contribution is 2.13. The minimum absolute atomic E-state index is 0.284. The van der Waals surface area contributed by atoms with Crippen molar-refractivity contribution in [3.8, 4) is 0 Å². The van der Waals surface area contributed by atoms with Crippen molar-refractivity contribution in [1.29, 1.82) is 0 Å². The summed E-state index contributed by atoms with van der Waals surface area (Å²) in [7, 11) is 0. The number of hydrogen-bond acceptors (Lipinski definition) is 2. The Balaban J connectivity index is 2.62. The van der Waals surface area contributed by atoms with Crippen LogP contribution in [0.1, 0.15) is 19.3 Å². The molecule has 0 aromatic heterocycles. The molecule has 0 bridgehead atoms. The van der Waals surface area contributed by atoms with Gasteiger partial charge in [0.1, 0.15) is 0 Å². The molecule has 0 spiro atoms. The van der Waals surface area contributed by atoms with Gasteiger partial charge in [-0.2, -0.15) is 4.42 Å². The molecule has 0 aliphatic carbocycles. The second kappa shape index (κ2) is 2.35. The quantitative estimate of drug-likeness (QED) is 0.373. The summed E-state index contributed by atoms with van der Waals surface area (Å²) in [5.74, 6) is -0.569. The minimum Gasteiger partial charge on any atom is -0.273 e. The van der Waals surface area contributed by atoms with Gasteiger partial charge in [-0.25, -0.2) is 0 Å². The van der Waals surface area contributed by atoms with E-state index in [2.05, 4.69) is 0 Å². The maximum atomic E-state index is 10.6. The van der Waals surface area contributed by atoms with Gasteiger partial charge < -0.3 is 0 Å². The van der Waals surface area contributed by atoms with Gasteiger partial charge in [0.05, 0.1) is 0 Å². The monoisotopic (exact) mass is 147 g/mol. The lowest BCUT2D eigenvalue weighted by atomic mass is 10.1. The molecular weight excluding hydrogens is 142 g/mol. The molecule has 1 heterocycles. The first-order chi connectivity index (χ1) is 4.22. The fourth-order valence-electron chi connectivity index (χ4n) is 0.726. The van der Waals surface area contributed by atoms with E-state index in [9.17, 15) is 9.59 Å². The average Bonchev–Trinajstić information content (AvgIpc) is 1.83. The lowest BCUT2D eigenvalue weighted by Crippen LogP contribution is -2.32. The van der Waals surface area contributed by atoms with E-state index in [1.165, 1.54) is 0 Å². The minimum atomic E-state index is -0.284. The van der Waals surface area contributed by atoms with E-state index in [0.717, 1.165) is 0 Å². The highest BCUT2D eigenvalue weighted by molar-refractivity contribution is 6.30. The van der Waals surface area contributed by atoms with Crippen LogP contribution in [0.3, 0.4) is 0 Å².